The molecule has 2 aliphatic rings. The predicted octanol–water partition coefficient (Wildman–Crippen LogP) is 3.41. The normalized spacial score (nSPS) is 19.3. The SMILES string of the molecule is O=C(Nc1ccc2c(c1)OCO2)[C@H]1CCCN(Cc2ccc(F)cc2)C1. The fraction of sp³-hybridized carbons (Fsp3) is 0.350. The highest BCUT2D eigenvalue weighted by atomic mass is 19.1. The molecule has 1 amide bonds. The number of carbonyl (C=O) groups is 1. The number of carbonyl (C=O) groups excluding carboxylic acids is 1. The van der Waals surface area contributed by atoms with Gasteiger partial charge in [0.05, 0.1) is 5.92 Å². The molecular formula is C20H21FN2O3. The number of benzene rings is 2. The monoisotopic (exact) mass is 356 g/mol. The number of hydrogen-bond acceptors (Lipinski definition) is 4. The van der Waals surface area contributed by atoms with Crippen molar-refractivity contribution in [2.24, 2.45) is 5.92 Å². The standard InChI is InChI=1S/C20H21FN2O3/c21-16-5-3-14(4-6-16)11-23-9-1-2-15(12-23)20(24)22-17-7-8-18-19(10-17)26-13-25-18/h3-8,10,15H,1-2,9,11-13H2,(H,22,24)/t15-/m0/s1. The number of fused-ring (bicyclic) bond motifs is 1. The Hall–Kier alpha value is -2.60. The number of hydrogen-bond donors (Lipinski definition) is 1. The molecule has 1 fully saturated rings. The van der Waals surface area contributed by atoms with E-state index in [0.717, 1.165) is 37.2 Å². The van der Waals surface area contributed by atoms with Crippen molar-refractivity contribution in [2.45, 2.75) is 19.4 Å². The number of ether oxygens (including phenoxy) is 2. The largest absolute Gasteiger partial charge is 0.454 e. The zero-order chi connectivity index (χ0) is 17.9. The molecule has 1 N–H and O–H groups in total. The molecule has 2 aromatic rings. The van der Waals surface area contributed by atoms with Crippen molar-refractivity contribution < 1.29 is 18.7 Å². The maximum Gasteiger partial charge on any atom is 0.231 e. The van der Waals surface area contributed by atoms with E-state index in [9.17, 15) is 9.18 Å². The van der Waals surface area contributed by atoms with Crippen molar-refractivity contribution in [2.75, 3.05) is 25.2 Å². The summed E-state index contributed by atoms with van der Waals surface area (Å²) in [5, 5.41) is 2.98. The lowest BCUT2D eigenvalue weighted by Crippen LogP contribution is -2.40. The average molecular weight is 356 g/mol. The lowest BCUT2D eigenvalue weighted by atomic mass is 9.96. The molecule has 0 radical (unpaired) electrons. The molecule has 0 aliphatic carbocycles. The van der Waals surface area contributed by atoms with Crippen molar-refractivity contribution in [3.05, 3.63) is 53.8 Å². The molecule has 0 aromatic heterocycles. The second-order valence-electron chi connectivity index (χ2n) is 6.76. The minimum absolute atomic E-state index is 0.0210. The van der Waals surface area contributed by atoms with Crippen LogP contribution in [0.15, 0.2) is 42.5 Å². The third-order valence-corrected chi connectivity index (χ3v) is 4.84. The fourth-order valence-corrected chi connectivity index (χ4v) is 3.48. The van der Waals surface area contributed by atoms with Gasteiger partial charge in [0.15, 0.2) is 11.5 Å². The van der Waals surface area contributed by atoms with Crippen LogP contribution in [0.1, 0.15) is 18.4 Å². The second-order valence-corrected chi connectivity index (χ2v) is 6.76. The van der Waals surface area contributed by atoms with E-state index in [4.69, 9.17) is 9.47 Å². The van der Waals surface area contributed by atoms with Gasteiger partial charge in [0, 0.05) is 24.8 Å². The van der Waals surface area contributed by atoms with Gasteiger partial charge in [0.25, 0.3) is 0 Å². The summed E-state index contributed by atoms with van der Waals surface area (Å²) in [6, 6.07) is 12.0. The minimum atomic E-state index is -0.228. The molecule has 1 saturated heterocycles. The van der Waals surface area contributed by atoms with E-state index >= 15 is 0 Å². The van der Waals surface area contributed by atoms with E-state index in [0.29, 0.717) is 18.0 Å². The number of rotatable bonds is 4. The number of piperidine rings is 1. The van der Waals surface area contributed by atoms with Crippen LogP contribution >= 0.6 is 0 Å². The average Bonchev–Trinajstić information content (AvgIpc) is 3.12. The molecule has 4 rings (SSSR count). The summed E-state index contributed by atoms with van der Waals surface area (Å²) in [5.41, 5.74) is 1.78. The Kier molecular flexibility index (Phi) is 4.75. The molecular weight excluding hydrogens is 335 g/mol. The van der Waals surface area contributed by atoms with Gasteiger partial charge < -0.3 is 14.8 Å². The molecule has 0 spiro atoms. The predicted molar refractivity (Wildman–Crippen MR) is 95.6 cm³/mol. The van der Waals surface area contributed by atoms with Gasteiger partial charge in [-0.2, -0.15) is 0 Å². The summed E-state index contributed by atoms with van der Waals surface area (Å²) in [4.78, 5) is 14.9. The Morgan fingerprint density at radius 1 is 1.15 bits per heavy atom. The van der Waals surface area contributed by atoms with Crippen LogP contribution in [-0.2, 0) is 11.3 Å². The summed E-state index contributed by atoms with van der Waals surface area (Å²) in [5.74, 6) is 1.09. The number of nitrogens with zero attached hydrogens (tertiary/aromatic N) is 1. The van der Waals surface area contributed by atoms with Crippen molar-refractivity contribution in [1.29, 1.82) is 0 Å². The smallest absolute Gasteiger partial charge is 0.231 e. The summed E-state index contributed by atoms with van der Waals surface area (Å²) < 4.78 is 23.7. The highest BCUT2D eigenvalue weighted by Gasteiger charge is 2.26. The first-order valence-electron chi connectivity index (χ1n) is 8.85. The minimum Gasteiger partial charge on any atom is -0.454 e. The van der Waals surface area contributed by atoms with Crippen molar-refractivity contribution in [3.63, 3.8) is 0 Å². The van der Waals surface area contributed by atoms with Gasteiger partial charge in [-0.25, -0.2) is 4.39 Å². The van der Waals surface area contributed by atoms with Crippen LogP contribution in [0, 0.1) is 11.7 Å². The molecule has 136 valence electrons. The topological polar surface area (TPSA) is 50.8 Å². The lowest BCUT2D eigenvalue weighted by molar-refractivity contribution is -0.121. The van der Waals surface area contributed by atoms with Crippen LogP contribution in [0.3, 0.4) is 0 Å². The number of likely N-dealkylation sites (tertiary alicyclic amines) is 1. The van der Waals surface area contributed by atoms with E-state index in [-0.39, 0.29) is 24.4 Å². The van der Waals surface area contributed by atoms with Gasteiger partial charge in [-0.1, -0.05) is 12.1 Å². The molecule has 0 saturated carbocycles. The number of nitrogens with one attached hydrogen (secondary N) is 1. The lowest BCUT2D eigenvalue weighted by Gasteiger charge is -2.32. The summed E-state index contributed by atoms with van der Waals surface area (Å²) in [6.45, 7) is 2.60. The molecule has 6 heteroatoms. The fourth-order valence-electron chi connectivity index (χ4n) is 3.48. The molecule has 1 atom stereocenters. The van der Waals surface area contributed by atoms with Crippen LogP contribution in [0.2, 0.25) is 0 Å². The van der Waals surface area contributed by atoms with E-state index in [1.54, 1.807) is 24.3 Å². The first-order valence-corrected chi connectivity index (χ1v) is 8.85. The number of anilines is 1. The van der Waals surface area contributed by atoms with E-state index in [1.165, 1.54) is 12.1 Å². The van der Waals surface area contributed by atoms with Crippen molar-refractivity contribution >= 4 is 11.6 Å². The highest BCUT2D eigenvalue weighted by Crippen LogP contribution is 2.34. The molecule has 0 unspecified atom stereocenters. The molecule has 2 aliphatic heterocycles. The Balaban J connectivity index is 1.36. The van der Waals surface area contributed by atoms with E-state index in [2.05, 4.69) is 10.2 Å². The van der Waals surface area contributed by atoms with Gasteiger partial charge in [-0.15, -0.1) is 0 Å². The van der Waals surface area contributed by atoms with E-state index in [1.807, 2.05) is 6.07 Å². The van der Waals surface area contributed by atoms with Crippen LogP contribution in [0.5, 0.6) is 11.5 Å². The van der Waals surface area contributed by atoms with Gasteiger partial charge in [-0.05, 0) is 49.2 Å². The maximum atomic E-state index is 13.0. The zero-order valence-electron chi connectivity index (χ0n) is 14.4. The van der Waals surface area contributed by atoms with E-state index < -0.39 is 0 Å². The Morgan fingerprint density at radius 3 is 2.81 bits per heavy atom. The van der Waals surface area contributed by atoms with Crippen LogP contribution < -0.4 is 14.8 Å². The summed E-state index contributed by atoms with van der Waals surface area (Å²) in [7, 11) is 0. The first-order chi connectivity index (χ1) is 12.7. The molecule has 2 heterocycles. The van der Waals surface area contributed by atoms with Gasteiger partial charge in [0.1, 0.15) is 5.82 Å². The summed E-state index contributed by atoms with van der Waals surface area (Å²) >= 11 is 0. The zero-order valence-corrected chi connectivity index (χ0v) is 14.4. The Morgan fingerprint density at radius 2 is 1.96 bits per heavy atom. The van der Waals surface area contributed by atoms with Gasteiger partial charge in [-0.3, -0.25) is 9.69 Å². The van der Waals surface area contributed by atoms with Crippen LogP contribution in [0.4, 0.5) is 10.1 Å². The van der Waals surface area contributed by atoms with Crippen molar-refractivity contribution in [1.82, 2.24) is 4.90 Å². The highest BCUT2D eigenvalue weighted by molar-refractivity contribution is 5.93. The molecule has 5 nitrogen and oxygen atoms in total. The van der Waals surface area contributed by atoms with Gasteiger partial charge in [0.2, 0.25) is 12.7 Å². The number of halogens is 1. The Bertz CT molecular complexity index is 794. The molecule has 0 bridgehead atoms. The quantitative estimate of drug-likeness (QED) is 0.912. The third-order valence-electron chi connectivity index (χ3n) is 4.84. The van der Waals surface area contributed by atoms with Gasteiger partial charge >= 0.3 is 0 Å². The first kappa shape index (κ1) is 16.8. The maximum absolute atomic E-state index is 13.0. The summed E-state index contributed by atoms with van der Waals surface area (Å²) in [6.07, 6.45) is 1.84. The number of amides is 1. The van der Waals surface area contributed by atoms with Crippen molar-refractivity contribution in [3.8, 4) is 11.5 Å². The third kappa shape index (κ3) is 3.80. The molecule has 2 aromatic carbocycles. The second kappa shape index (κ2) is 7.33. The molecule has 26 heavy (non-hydrogen) atoms. The Labute approximate surface area is 151 Å². The van der Waals surface area contributed by atoms with Crippen LogP contribution in [0.25, 0.3) is 0 Å². The van der Waals surface area contributed by atoms with Crippen LogP contribution in [-0.4, -0.2) is 30.7 Å².